The molecular weight excluding hydrogens is 272 g/mol. The van der Waals surface area contributed by atoms with Gasteiger partial charge in [-0.05, 0) is 38.1 Å². The first-order chi connectivity index (χ1) is 9.80. The van der Waals surface area contributed by atoms with E-state index in [1.165, 1.54) is 29.2 Å². The van der Waals surface area contributed by atoms with Gasteiger partial charge in [-0.2, -0.15) is 0 Å². The molecule has 0 unspecified atom stereocenters. The molecule has 0 saturated carbocycles. The van der Waals surface area contributed by atoms with Gasteiger partial charge in [-0.15, -0.1) is 6.42 Å². The predicted octanol–water partition coefficient (Wildman–Crippen LogP) is 1.30. The zero-order chi connectivity index (χ0) is 16.0. The molecule has 0 heterocycles. The van der Waals surface area contributed by atoms with Crippen molar-refractivity contribution in [1.29, 1.82) is 0 Å². The van der Waals surface area contributed by atoms with Crippen molar-refractivity contribution in [3.8, 4) is 12.3 Å². The van der Waals surface area contributed by atoms with Gasteiger partial charge in [-0.1, -0.05) is 5.92 Å². The number of nitrogens with zero attached hydrogens (tertiary/aromatic N) is 1. The van der Waals surface area contributed by atoms with Crippen molar-refractivity contribution in [1.82, 2.24) is 5.32 Å². The quantitative estimate of drug-likeness (QED) is 0.713. The molecule has 1 aromatic rings. The minimum Gasteiger partial charge on any atom is -0.478 e. The van der Waals surface area contributed by atoms with Crippen LogP contribution in [0.1, 0.15) is 24.2 Å². The molecule has 0 fully saturated rings. The summed E-state index contributed by atoms with van der Waals surface area (Å²) in [6.07, 6.45) is 5.32. The summed E-state index contributed by atoms with van der Waals surface area (Å²) in [5, 5.41) is 20.6. The number of terminal acetylenes is 1. The summed E-state index contributed by atoms with van der Waals surface area (Å²) >= 11 is 0. The number of aliphatic hydroxyl groups is 1. The number of carboxylic acids is 1. The second kappa shape index (κ2) is 6.77. The number of benzene rings is 1. The van der Waals surface area contributed by atoms with E-state index in [-0.39, 0.29) is 18.7 Å². The number of carbonyl (C=O) groups is 2. The molecule has 21 heavy (non-hydrogen) atoms. The van der Waals surface area contributed by atoms with E-state index < -0.39 is 17.5 Å². The lowest BCUT2D eigenvalue weighted by Gasteiger charge is -2.27. The maximum Gasteiger partial charge on any atom is 0.335 e. The van der Waals surface area contributed by atoms with E-state index in [0.717, 1.165) is 0 Å². The first kappa shape index (κ1) is 16.5. The molecule has 0 aliphatic carbocycles. The van der Waals surface area contributed by atoms with E-state index in [1.54, 1.807) is 13.8 Å². The van der Waals surface area contributed by atoms with Gasteiger partial charge in [0.05, 0.1) is 24.3 Å². The molecule has 0 spiro atoms. The topological polar surface area (TPSA) is 89.9 Å². The number of carboxylic acid groups (broad SMARTS) is 1. The summed E-state index contributed by atoms with van der Waals surface area (Å²) in [5.74, 6) is 1.40. The molecular formula is C15H18N2O4. The first-order valence-electron chi connectivity index (χ1n) is 6.32. The predicted molar refractivity (Wildman–Crippen MR) is 79.3 cm³/mol. The highest BCUT2D eigenvalue weighted by atomic mass is 16.4. The molecule has 0 aliphatic heterocycles. The van der Waals surface area contributed by atoms with Crippen LogP contribution < -0.4 is 10.2 Å². The molecule has 0 aromatic heterocycles. The van der Waals surface area contributed by atoms with Crippen LogP contribution in [0.4, 0.5) is 10.5 Å². The van der Waals surface area contributed by atoms with E-state index >= 15 is 0 Å². The summed E-state index contributed by atoms with van der Waals surface area (Å²) in [5.41, 5.74) is -0.238. The lowest BCUT2D eigenvalue weighted by molar-refractivity contribution is 0.0697. The summed E-state index contributed by atoms with van der Waals surface area (Å²) in [6.45, 7) is 3.19. The van der Waals surface area contributed by atoms with Crippen LogP contribution in [0.3, 0.4) is 0 Å². The minimum absolute atomic E-state index is 0.0684. The van der Waals surface area contributed by atoms with Crippen LogP contribution >= 0.6 is 0 Å². The Balaban J connectivity index is 2.98. The largest absolute Gasteiger partial charge is 0.478 e. The molecule has 0 bridgehead atoms. The van der Waals surface area contributed by atoms with Crippen molar-refractivity contribution in [2.24, 2.45) is 0 Å². The lowest BCUT2D eigenvalue weighted by Crippen LogP contribution is -2.50. The second-order valence-electron chi connectivity index (χ2n) is 4.93. The third-order valence-corrected chi connectivity index (χ3v) is 2.77. The molecule has 6 heteroatoms. The van der Waals surface area contributed by atoms with Crippen molar-refractivity contribution >= 4 is 17.7 Å². The fourth-order valence-electron chi connectivity index (χ4n) is 1.60. The Kier molecular flexibility index (Phi) is 5.33. The normalized spacial score (nSPS) is 10.6. The zero-order valence-corrected chi connectivity index (χ0v) is 12.0. The Morgan fingerprint density at radius 3 is 2.33 bits per heavy atom. The van der Waals surface area contributed by atoms with Crippen molar-refractivity contribution in [2.45, 2.75) is 19.4 Å². The van der Waals surface area contributed by atoms with Crippen molar-refractivity contribution in [2.75, 3.05) is 18.1 Å². The number of rotatable bonds is 5. The molecule has 3 N–H and O–H groups in total. The number of carbonyl (C=O) groups excluding carboxylic acids is 1. The molecule has 1 rings (SSSR count). The maximum absolute atomic E-state index is 12.2. The average molecular weight is 290 g/mol. The number of aromatic carboxylic acids is 1. The Hall–Kier alpha value is -2.52. The molecule has 6 nitrogen and oxygen atoms in total. The fourth-order valence-corrected chi connectivity index (χ4v) is 1.60. The highest BCUT2D eigenvalue weighted by Crippen LogP contribution is 2.16. The number of urea groups is 1. The lowest BCUT2D eigenvalue weighted by atomic mass is 10.1. The molecule has 0 aliphatic rings. The Morgan fingerprint density at radius 1 is 1.33 bits per heavy atom. The number of aliphatic hydroxyl groups excluding tert-OH is 1. The van der Waals surface area contributed by atoms with Crippen LogP contribution in [-0.4, -0.2) is 40.9 Å². The van der Waals surface area contributed by atoms with Crippen molar-refractivity contribution < 1.29 is 19.8 Å². The van der Waals surface area contributed by atoms with Gasteiger partial charge in [0, 0.05) is 5.69 Å². The van der Waals surface area contributed by atoms with Gasteiger partial charge in [0.1, 0.15) is 0 Å². The molecule has 112 valence electrons. The summed E-state index contributed by atoms with van der Waals surface area (Å²) in [7, 11) is 0. The molecule has 0 radical (unpaired) electrons. The average Bonchev–Trinajstić information content (AvgIpc) is 2.44. The van der Waals surface area contributed by atoms with Crippen LogP contribution in [0.5, 0.6) is 0 Å². The second-order valence-corrected chi connectivity index (χ2v) is 4.93. The molecule has 1 aromatic carbocycles. The number of hydrogen-bond acceptors (Lipinski definition) is 3. The Morgan fingerprint density at radius 2 is 1.90 bits per heavy atom. The third-order valence-electron chi connectivity index (χ3n) is 2.77. The minimum atomic E-state index is -1.05. The monoisotopic (exact) mass is 290 g/mol. The fraction of sp³-hybridized carbons (Fsp3) is 0.333. The van der Waals surface area contributed by atoms with Crippen molar-refractivity contribution in [3.63, 3.8) is 0 Å². The standard InChI is InChI=1S/C15H18N2O4/c1-4-15(2,3)16-14(21)17(9-10-18)12-7-5-11(6-8-12)13(19)20/h1,5-8,18H,9-10H2,2-3H3,(H,16,21)(H,19,20). The first-order valence-corrected chi connectivity index (χ1v) is 6.32. The highest BCUT2D eigenvalue weighted by Gasteiger charge is 2.22. The summed E-state index contributed by atoms with van der Waals surface area (Å²) in [6, 6.07) is 5.32. The SMILES string of the molecule is C#CC(C)(C)NC(=O)N(CCO)c1ccc(C(=O)O)cc1. The van der Waals surface area contributed by atoms with E-state index in [2.05, 4.69) is 11.2 Å². The van der Waals surface area contributed by atoms with Gasteiger partial charge in [0.25, 0.3) is 0 Å². The number of amides is 2. The van der Waals surface area contributed by atoms with Crippen molar-refractivity contribution in [3.05, 3.63) is 29.8 Å². The Bertz CT molecular complexity index is 558. The van der Waals surface area contributed by atoms with Gasteiger partial charge in [0.2, 0.25) is 0 Å². The van der Waals surface area contributed by atoms with Gasteiger partial charge < -0.3 is 15.5 Å². The molecule has 2 amide bonds. The van der Waals surface area contributed by atoms with Crippen LogP contribution in [0, 0.1) is 12.3 Å². The van der Waals surface area contributed by atoms with Gasteiger partial charge in [-0.25, -0.2) is 9.59 Å². The van der Waals surface area contributed by atoms with Gasteiger partial charge in [-0.3, -0.25) is 4.90 Å². The Labute approximate surface area is 123 Å². The number of hydrogen-bond donors (Lipinski definition) is 3. The van der Waals surface area contributed by atoms with E-state index in [9.17, 15) is 9.59 Å². The molecule has 0 atom stereocenters. The maximum atomic E-state index is 12.2. The van der Waals surface area contributed by atoms with Crippen LogP contribution in [0.2, 0.25) is 0 Å². The zero-order valence-electron chi connectivity index (χ0n) is 12.0. The van der Waals surface area contributed by atoms with Crippen LogP contribution in [-0.2, 0) is 0 Å². The van der Waals surface area contributed by atoms with Gasteiger partial charge >= 0.3 is 12.0 Å². The van der Waals surface area contributed by atoms with E-state index in [1.807, 2.05) is 0 Å². The van der Waals surface area contributed by atoms with E-state index in [4.69, 9.17) is 16.6 Å². The van der Waals surface area contributed by atoms with E-state index in [0.29, 0.717) is 5.69 Å². The van der Waals surface area contributed by atoms with Gasteiger partial charge in [0.15, 0.2) is 0 Å². The smallest absolute Gasteiger partial charge is 0.335 e. The van der Waals surface area contributed by atoms with Crippen LogP contribution in [0.15, 0.2) is 24.3 Å². The number of anilines is 1. The number of nitrogens with one attached hydrogen (secondary N) is 1. The summed E-state index contributed by atoms with van der Waals surface area (Å²) < 4.78 is 0. The summed E-state index contributed by atoms with van der Waals surface area (Å²) in [4.78, 5) is 24.3. The third kappa shape index (κ3) is 4.51. The highest BCUT2D eigenvalue weighted by molar-refractivity contribution is 5.94. The van der Waals surface area contributed by atoms with Crippen LogP contribution in [0.25, 0.3) is 0 Å². The molecule has 0 saturated heterocycles.